The van der Waals surface area contributed by atoms with Crippen molar-refractivity contribution in [1.82, 2.24) is 9.78 Å². The highest BCUT2D eigenvalue weighted by Crippen LogP contribution is 2.36. The molecule has 1 heterocycles. The van der Waals surface area contributed by atoms with E-state index in [9.17, 15) is 0 Å². The molecule has 0 aromatic carbocycles. The zero-order valence-corrected chi connectivity index (χ0v) is 6.20. The minimum atomic E-state index is -0.0153. The Hall–Kier alpha value is -1.03. The summed E-state index contributed by atoms with van der Waals surface area (Å²) < 4.78 is 1.80. The number of aliphatic hydroxyl groups is 1. The average Bonchev–Trinajstić information content (AvgIpc) is 2.77. The van der Waals surface area contributed by atoms with Crippen molar-refractivity contribution in [2.45, 2.75) is 25.5 Å². The number of nitrogen functional groups attached to an aromatic ring is 1. The molecule has 4 heteroatoms. The van der Waals surface area contributed by atoms with Crippen molar-refractivity contribution in [3.05, 3.63) is 11.8 Å². The van der Waals surface area contributed by atoms with E-state index < -0.39 is 0 Å². The molecule has 0 radical (unpaired) electrons. The second kappa shape index (κ2) is 2.23. The Kier molecular flexibility index (Phi) is 1.35. The zero-order valence-electron chi connectivity index (χ0n) is 6.20. The summed E-state index contributed by atoms with van der Waals surface area (Å²) in [6.45, 7) is -0.0153. The van der Waals surface area contributed by atoms with Crippen molar-refractivity contribution in [2.24, 2.45) is 0 Å². The molecule has 4 nitrogen and oxygen atoms in total. The lowest BCUT2D eigenvalue weighted by Crippen LogP contribution is -2.02. The van der Waals surface area contributed by atoms with Crippen LogP contribution < -0.4 is 5.73 Å². The fourth-order valence-electron chi connectivity index (χ4n) is 1.14. The second-order valence-corrected chi connectivity index (χ2v) is 2.89. The molecule has 0 bridgehead atoms. The van der Waals surface area contributed by atoms with Crippen LogP contribution in [0.1, 0.15) is 24.4 Å². The first-order valence-electron chi connectivity index (χ1n) is 3.75. The molecular formula is C7H11N3O. The highest BCUT2D eigenvalue weighted by Gasteiger charge is 2.26. The van der Waals surface area contributed by atoms with Crippen molar-refractivity contribution in [3.8, 4) is 0 Å². The predicted molar refractivity (Wildman–Crippen MR) is 40.8 cm³/mol. The van der Waals surface area contributed by atoms with E-state index in [1.165, 1.54) is 0 Å². The van der Waals surface area contributed by atoms with Crippen LogP contribution in [0.15, 0.2) is 6.20 Å². The lowest BCUT2D eigenvalue weighted by Gasteiger charge is -2.00. The van der Waals surface area contributed by atoms with Gasteiger partial charge in [-0.25, -0.2) is 4.68 Å². The Balaban J connectivity index is 2.33. The molecule has 3 N–H and O–H groups in total. The van der Waals surface area contributed by atoms with Gasteiger partial charge in [-0.3, -0.25) is 0 Å². The van der Waals surface area contributed by atoms with Crippen molar-refractivity contribution in [3.63, 3.8) is 0 Å². The molecule has 11 heavy (non-hydrogen) atoms. The summed E-state index contributed by atoms with van der Waals surface area (Å²) in [4.78, 5) is 0. The quantitative estimate of drug-likeness (QED) is 0.642. The van der Waals surface area contributed by atoms with Crippen LogP contribution in [0, 0.1) is 0 Å². The fraction of sp³-hybridized carbons (Fsp3) is 0.571. The third-order valence-corrected chi connectivity index (χ3v) is 1.98. The SMILES string of the molecule is Nc1c(CO)cnn1C1CC1. The maximum atomic E-state index is 8.80. The van der Waals surface area contributed by atoms with Crippen LogP contribution in [-0.4, -0.2) is 14.9 Å². The van der Waals surface area contributed by atoms with E-state index in [1.807, 2.05) is 0 Å². The van der Waals surface area contributed by atoms with E-state index in [4.69, 9.17) is 10.8 Å². The molecule has 0 spiro atoms. The van der Waals surface area contributed by atoms with E-state index in [2.05, 4.69) is 5.10 Å². The molecule has 0 unspecified atom stereocenters. The fourth-order valence-corrected chi connectivity index (χ4v) is 1.14. The molecule has 0 saturated heterocycles. The number of hydrogen-bond donors (Lipinski definition) is 2. The first-order chi connectivity index (χ1) is 5.33. The molecule has 1 aliphatic carbocycles. The molecule has 60 valence electrons. The van der Waals surface area contributed by atoms with Crippen LogP contribution in [-0.2, 0) is 6.61 Å². The minimum absolute atomic E-state index is 0.0153. The van der Waals surface area contributed by atoms with E-state index in [0.29, 0.717) is 11.9 Å². The number of nitrogens with two attached hydrogens (primary N) is 1. The number of aliphatic hydroxyl groups excluding tert-OH is 1. The highest BCUT2D eigenvalue weighted by molar-refractivity contribution is 5.38. The van der Waals surface area contributed by atoms with Gasteiger partial charge in [0, 0.05) is 5.56 Å². The number of aromatic nitrogens is 2. The standard InChI is InChI=1S/C7H11N3O/c8-7-5(4-11)3-9-10(7)6-1-2-6/h3,6,11H,1-2,4,8H2. The molecule has 2 rings (SSSR count). The van der Waals surface area contributed by atoms with E-state index in [-0.39, 0.29) is 6.61 Å². The summed E-state index contributed by atoms with van der Waals surface area (Å²) >= 11 is 0. The smallest absolute Gasteiger partial charge is 0.127 e. The van der Waals surface area contributed by atoms with E-state index in [1.54, 1.807) is 10.9 Å². The van der Waals surface area contributed by atoms with Gasteiger partial charge in [-0.15, -0.1) is 0 Å². The van der Waals surface area contributed by atoms with Gasteiger partial charge in [0.25, 0.3) is 0 Å². The van der Waals surface area contributed by atoms with Crippen LogP contribution >= 0.6 is 0 Å². The van der Waals surface area contributed by atoms with Gasteiger partial charge >= 0.3 is 0 Å². The van der Waals surface area contributed by atoms with Gasteiger partial charge in [0.15, 0.2) is 0 Å². The van der Waals surface area contributed by atoms with Crippen LogP contribution in [0.5, 0.6) is 0 Å². The molecule has 1 aromatic heterocycles. The molecular weight excluding hydrogens is 142 g/mol. The Morgan fingerprint density at radius 1 is 1.73 bits per heavy atom. The van der Waals surface area contributed by atoms with Crippen LogP contribution in [0.4, 0.5) is 5.82 Å². The van der Waals surface area contributed by atoms with Crippen molar-refractivity contribution in [1.29, 1.82) is 0 Å². The van der Waals surface area contributed by atoms with Gasteiger partial charge in [-0.05, 0) is 12.8 Å². The normalized spacial score (nSPS) is 17.2. The third-order valence-electron chi connectivity index (χ3n) is 1.98. The van der Waals surface area contributed by atoms with Gasteiger partial charge in [0.05, 0.1) is 18.8 Å². The maximum Gasteiger partial charge on any atom is 0.127 e. The number of nitrogens with zero attached hydrogens (tertiary/aromatic N) is 2. The molecule has 1 aliphatic rings. The summed E-state index contributed by atoms with van der Waals surface area (Å²) in [6.07, 6.45) is 3.96. The van der Waals surface area contributed by atoms with Gasteiger partial charge < -0.3 is 10.8 Å². The number of rotatable bonds is 2. The second-order valence-electron chi connectivity index (χ2n) is 2.89. The Labute approximate surface area is 64.6 Å². The summed E-state index contributed by atoms with van der Waals surface area (Å²) in [5, 5.41) is 12.9. The summed E-state index contributed by atoms with van der Waals surface area (Å²) in [5.41, 5.74) is 6.43. The number of hydrogen-bond acceptors (Lipinski definition) is 3. The first kappa shape index (κ1) is 6.67. The van der Waals surface area contributed by atoms with Gasteiger partial charge in [0.2, 0.25) is 0 Å². The Bertz CT molecular complexity index is 265. The minimum Gasteiger partial charge on any atom is -0.391 e. The number of anilines is 1. The van der Waals surface area contributed by atoms with Crippen LogP contribution in [0.25, 0.3) is 0 Å². The lowest BCUT2D eigenvalue weighted by molar-refractivity contribution is 0.282. The molecule has 0 aliphatic heterocycles. The Morgan fingerprint density at radius 3 is 2.91 bits per heavy atom. The average molecular weight is 153 g/mol. The van der Waals surface area contributed by atoms with E-state index >= 15 is 0 Å². The molecule has 0 atom stereocenters. The van der Waals surface area contributed by atoms with Crippen molar-refractivity contribution in [2.75, 3.05) is 5.73 Å². The van der Waals surface area contributed by atoms with Gasteiger partial charge in [-0.2, -0.15) is 5.10 Å². The summed E-state index contributed by atoms with van der Waals surface area (Å²) in [5.74, 6) is 0.620. The van der Waals surface area contributed by atoms with E-state index in [0.717, 1.165) is 18.4 Å². The maximum absolute atomic E-state index is 8.80. The summed E-state index contributed by atoms with van der Waals surface area (Å²) in [7, 11) is 0. The van der Waals surface area contributed by atoms with Gasteiger partial charge in [-0.1, -0.05) is 0 Å². The monoisotopic (exact) mass is 153 g/mol. The van der Waals surface area contributed by atoms with Crippen molar-refractivity contribution < 1.29 is 5.11 Å². The molecule has 1 saturated carbocycles. The molecule has 1 fully saturated rings. The summed E-state index contributed by atoms with van der Waals surface area (Å²) in [6, 6.07) is 0.496. The predicted octanol–water partition coefficient (Wildman–Crippen LogP) is 0.292. The third kappa shape index (κ3) is 0.991. The zero-order chi connectivity index (χ0) is 7.84. The molecule has 0 amide bonds. The highest BCUT2D eigenvalue weighted by atomic mass is 16.3. The van der Waals surface area contributed by atoms with Gasteiger partial charge in [0.1, 0.15) is 5.82 Å². The van der Waals surface area contributed by atoms with Crippen LogP contribution in [0.2, 0.25) is 0 Å². The lowest BCUT2D eigenvalue weighted by atomic mass is 10.3. The molecule has 1 aromatic rings. The van der Waals surface area contributed by atoms with Crippen molar-refractivity contribution >= 4 is 5.82 Å². The first-order valence-corrected chi connectivity index (χ1v) is 3.75. The van der Waals surface area contributed by atoms with Crippen LogP contribution in [0.3, 0.4) is 0 Å². The topological polar surface area (TPSA) is 64.1 Å². The Morgan fingerprint density at radius 2 is 2.45 bits per heavy atom. The largest absolute Gasteiger partial charge is 0.391 e.